The van der Waals surface area contributed by atoms with Gasteiger partial charge in [0.05, 0.1) is 23.6 Å². The summed E-state index contributed by atoms with van der Waals surface area (Å²) in [4.78, 5) is 23.1. The molecule has 1 saturated heterocycles. The molecule has 0 spiro atoms. The van der Waals surface area contributed by atoms with Crippen molar-refractivity contribution in [1.29, 1.82) is 0 Å². The fourth-order valence-electron chi connectivity index (χ4n) is 3.68. The van der Waals surface area contributed by atoms with Gasteiger partial charge in [0.1, 0.15) is 17.4 Å². The summed E-state index contributed by atoms with van der Waals surface area (Å²) in [5.41, 5.74) is 3.19. The number of aromatic nitrogens is 4. The second kappa shape index (κ2) is 8.61. The first-order valence-corrected chi connectivity index (χ1v) is 10.0. The van der Waals surface area contributed by atoms with Gasteiger partial charge in [-0.2, -0.15) is 5.10 Å². The summed E-state index contributed by atoms with van der Waals surface area (Å²) in [5.74, 6) is 1.18. The summed E-state index contributed by atoms with van der Waals surface area (Å²) in [7, 11) is 0. The summed E-state index contributed by atoms with van der Waals surface area (Å²) in [6.45, 7) is 5.43. The second-order valence-electron chi connectivity index (χ2n) is 7.52. The summed E-state index contributed by atoms with van der Waals surface area (Å²) in [6.07, 6.45) is 3.15. The Morgan fingerprint density at radius 2 is 2.10 bits per heavy atom. The van der Waals surface area contributed by atoms with Crippen LogP contribution < -0.4 is 4.74 Å². The fourth-order valence-corrected chi connectivity index (χ4v) is 3.68. The van der Waals surface area contributed by atoms with Gasteiger partial charge in [0, 0.05) is 37.3 Å². The molecule has 1 unspecified atom stereocenters. The zero-order valence-corrected chi connectivity index (χ0v) is 17.1. The first kappa shape index (κ1) is 20.0. The van der Waals surface area contributed by atoms with Gasteiger partial charge in [0.15, 0.2) is 0 Å². The van der Waals surface area contributed by atoms with E-state index in [2.05, 4.69) is 20.2 Å². The normalized spacial score (nSPS) is 16.1. The van der Waals surface area contributed by atoms with E-state index in [-0.39, 0.29) is 17.6 Å². The number of ether oxygens (including phenoxy) is 1. The Bertz CT molecular complexity index is 1030. The van der Waals surface area contributed by atoms with Gasteiger partial charge in [-0.25, -0.2) is 14.4 Å². The quantitative estimate of drug-likeness (QED) is 0.676. The van der Waals surface area contributed by atoms with Gasteiger partial charge in [-0.3, -0.25) is 9.89 Å². The van der Waals surface area contributed by atoms with Crippen LogP contribution in [0.2, 0.25) is 0 Å². The van der Waals surface area contributed by atoms with E-state index >= 15 is 0 Å². The number of likely N-dealkylation sites (tertiary alicyclic amines) is 1. The molecule has 1 aliphatic rings. The number of hydrogen-bond donors (Lipinski definition) is 1. The minimum atomic E-state index is -0.283. The Kier molecular flexibility index (Phi) is 5.74. The van der Waals surface area contributed by atoms with Crippen molar-refractivity contribution >= 4 is 5.91 Å². The maximum absolute atomic E-state index is 12.9. The lowest BCUT2D eigenvalue weighted by Crippen LogP contribution is -2.29. The van der Waals surface area contributed by atoms with Crippen molar-refractivity contribution in [1.82, 2.24) is 25.1 Å². The molecule has 30 heavy (non-hydrogen) atoms. The predicted octanol–water partition coefficient (Wildman–Crippen LogP) is 3.21. The number of amides is 1. The van der Waals surface area contributed by atoms with Crippen molar-refractivity contribution in [3.05, 3.63) is 70.8 Å². The second-order valence-corrected chi connectivity index (χ2v) is 7.52. The molecule has 1 atom stereocenters. The van der Waals surface area contributed by atoms with Gasteiger partial charge in [-0.15, -0.1) is 0 Å². The van der Waals surface area contributed by atoms with Crippen LogP contribution in [0, 0.1) is 19.7 Å². The molecular weight excluding hydrogens is 385 g/mol. The molecule has 1 fully saturated rings. The lowest BCUT2D eigenvalue weighted by molar-refractivity contribution is 0.0789. The fraction of sp³-hybridized carbons (Fsp3) is 0.364. The number of carbonyl (C=O) groups is 1. The van der Waals surface area contributed by atoms with E-state index in [1.807, 2.05) is 24.8 Å². The molecule has 156 valence electrons. The largest absolute Gasteiger partial charge is 0.493 e. The zero-order chi connectivity index (χ0) is 21.1. The van der Waals surface area contributed by atoms with Crippen molar-refractivity contribution in [2.45, 2.75) is 32.6 Å². The Morgan fingerprint density at radius 1 is 1.30 bits per heavy atom. The van der Waals surface area contributed by atoms with Gasteiger partial charge in [-0.1, -0.05) is 0 Å². The van der Waals surface area contributed by atoms with Gasteiger partial charge in [0.2, 0.25) is 0 Å². The van der Waals surface area contributed by atoms with Crippen molar-refractivity contribution in [3.8, 4) is 5.75 Å². The van der Waals surface area contributed by atoms with E-state index < -0.39 is 0 Å². The third kappa shape index (κ3) is 4.48. The third-order valence-electron chi connectivity index (χ3n) is 5.33. The molecule has 4 rings (SSSR count). The van der Waals surface area contributed by atoms with E-state index in [1.165, 1.54) is 12.1 Å². The standard InChI is InChI=1S/C22H24FN5O2/c1-14-20(12-24-15(2)25-14)22(29)28-9-7-16(13-28)21-11-18(26-27-21)8-10-30-19-5-3-17(23)4-6-19/h3-6,11-12,16H,7-10,13H2,1-2H3,(H,26,27). The zero-order valence-electron chi connectivity index (χ0n) is 17.1. The first-order valence-electron chi connectivity index (χ1n) is 10.0. The van der Waals surface area contributed by atoms with Crippen LogP contribution in [-0.2, 0) is 6.42 Å². The number of carbonyl (C=O) groups excluding carboxylic acids is 1. The maximum Gasteiger partial charge on any atom is 0.257 e. The molecule has 0 bridgehead atoms. The first-order chi connectivity index (χ1) is 14.5. The molecule has 1 amide bonds. The predicted molar refractivity (Wildman–Crippen MR) is 109 cm³/mol. The highest BCUT2D eigenvalue weighted by Gasteiger charge is 2.30. The minimum absolute atomic E-state index is 0.0292. The van der Waals surface area contributed by atoms with Crippen molar-refractivity contribution < 1.29 is 13.9 Å². The van der Waals surface area contributed by atoms with Crippen LogP contribution in [0.4, 0.5) is 4.39 Å². The number of rotatable bonds is 6. The topological polar surface area (TPSA) is 84.0 Å². The Labute approximate surface area is 174 Å². The molecule has 3 aromatic rings. The molecule has 1 aromatic carbocycles. The number of halogens is 1. The SMILES string of the molecule is Cc1ncc(C(=O)N2CCC(c3cc(CCOc4ccc(F)cc4)[nH]n3)C2)c(C)n1. The number of benzene rings is 1. The average molecular weight is 409 g/mol. The number of H-pyrrole nitrogens is 1. The van der Waals surface area contributed by atoms with Crippen molar-refractivity contribution in [3.63, 3.8) is 0 Å². The van der Waals surface area contributed by atoms with Crippen LogP contribution in [-0.4, -0.2) is 50.7 Å². The van der Waals surface area contributed by atoms with E-state index in [0.717, 1.165) is 17.8 Å². The maximum atomic E-state index is 12.9. The monoisotopic (exact) mass is 409 g/mol. The molecular formula is C22H24FN5O2. The van der Waals surface area contributed by atoms with Crippen LogP contribution in [0.5, 0.6) is 5.75 Å². The van der Waals surface area contributed by atoms with Crippen LogP contribution in [0.25, 0.3) is 0 Å². The Balaban J connectivity index is 1.32. The number of nitrogens with zero attached hydrogens (tertiary/aromatic N) is 4. The van der Waals surface area contributed by atoms with Crippen LogP contribution >= 0.6 is 0 Å². The third-order valence-corrected chi connectivity index (χ3v) is 5.33. The van der Waals surface area contributed by atoms with Gasteiger partial charge in [-0.05, 0) is 50.6 Å². The number of aryl methyl sites for hydroxylation is 2. The molecule has 8 heteroatoms. The summed E-state index contributed by atoms with van der Waals surface area (Å²) in [6, 6.07) is 8.01. The van der Waals surface area contributed by atoms with Crippen molar-refractivity contribution in [2.24, 2.45) is 0 Å². The lowest BCUT2D eigenvalue weighted by atomic mass is 10.0. The highest BCUT2D eigenvalue weighted by molar-refractivity contribution is 5.95. The smallest absolute Gasteiger partial charge is 0.257 e. The number of aromatic amines is 1. The molecule has 7 nitrogen and oxygen atoms in total. The summed E-state index contributed by atoms with van der Waals surface area (Å²) in [5, 5.41) is 7.49. The molecule has 3 heterocycles. The Hall–Kier alpha value is -3.29. The number of nitrogens with one attached hydrogen (secondary N) is 1. The van der Waals surface area contributed by atoms with Crippen LogP contribution in [0.3, 0.4) is 0 Å². The highest BCUT2D eigenvalue weighted by atomic mass is 19.1. The van der Waals surface area contributed by atoms with Gasteiger partial charge in [0.25, 0.3) is 5.91 Å². The number of hydrogen-bond acceptors (Lipinski definition) is 5. The summed E-state index contributed by atoms with van der Waals surface area (Å²) >= 11 is 0. The summed E-state index contributed by atoms with van der Waals surface area (Å²) < 4.78 is 18.6. The molecule has 1 N–H and O–H groups in total. The molecule has 1 aliphatic heterocycles. The minimum Gasteiger partial charge on any atom is -0.493 e. The van der Waals surface area contributed by atoms with Crippen LogP contribution in [0.1, 0.15) is 45.6 Å². The van der Waals surface area contributed by atoms with E-state index in [4.69, 9.17) is 4.74 Å². The molecule has 2 aromatic heterocycles. The Morgan fingerprint density at radius 3 is 2.87 bits per heavy atom. The average Bonchev–Trinajstić information content (AvgIpc) is 3.39. The van der Waals surface area contributed by atoms with E-state index in [1.54, 1.807) is 18.3 Å². The highest BCUT2D eigenvalue weighted by Crippen LogP contribution is 2.27. The van der Waals surface area contributed by atoms with Crippen LogP contribution in [0.15, 0.2) is 36.5 Å². The van der Waals surface area contributed by atoms with E-state index in [0.29, 0.717) is 48.9 Å². The lowest BCUT2D eigenvalue weighted by Gasteiger charge is -2.17. The van der Waals surface area contributed by atoms with Gasteiger partial charge < -0.3 is 9.64 Å². The molecule has 0 saturated carbocycles. The van der Waals surface area contributed by atoms with Gasteiger partial charge >= 0.3 is 0 Å². The van der Waals surface area contributed by atoms with E-state index in [9.17, 15) is 9.18 Å². The molecule has 0 aliphatic carbocycles. The van der Waals surface area contributed by atoms with Crippen molar-refractivity contribution in [2.75, 3.05) is 19.7 Å². The molecule has 0 radical (unpaired) electrons.